The lowest BCUT2D eigenvalue weighted by Crippen LogP contribution is -1.89. The molecule has 0 spiro atoms. The van der Waals surface area contributed by atoms with Gasteiger partial charge in [0.05, 0.1) is 11.0 Å². The van der Waals surface area contributed by atoms with E-state index in [2.05, 4.69) is 188 Å². The Hall–Kier alpha value is -6.68. The largest absolute Gasteiger partial charge is 0.252 e. The Labute approximate surface area is 317 Å². The van der Waals surface area contributed by atoms with E-state index in [0.29, 0.717) is 0 Å². The van der Waals surface area contributed by atoms with Crippen molar-refractivity contribution < 1.29 is 0 Å². The molecule has 0 atom stereocenters. The van der Waals surface area contributed by atoms with Crippen LogP contribution in [0.3, 0.4) is 0 Å². The minimum atomic E-state index is 0.940. The van der Waals surface area contributed by atoms with Crippen LogP contribution in [0.2, 0.25) is 0 Å². The summed E-state index contributed by atoms with van der Waals surface area (Å²) in [5.41, 5.74) is 10.4. The van der Waals surface area contributed by atoms with Gasteiger partial charge in [-0.15, -0.1) is 11.3 Å². The number of benzene rings is 8. The van der Waals surface area contributed by atoms with Crippen LogP contribution in [-0.2, 0) is 0 Å². The first kappa shape index (κ1) is 32.0. The van der Waals surface area contributed by atoms with E-state index in [1.165, 1.54) is 75.1 Å². The van der Waals surface area contributed by atoms with Crippen LogP contribution in [0, 0.1) is 0 Å². The van der Waals surface area contributed by atoms with E-state index in [4.69, 9.17) is 4.98 Å². The standard InChI is InChI=1S/C51H34N2S/c1-2-34(36-28-29-44-47(32-36)41-14-5-6-16-43(41)49-50(44)53-31-30-52-49)13-4-3-12-33-24-26-35(27-25-33)37-17-9-19-39-38(37)18-10-20-40(39)45-21-11-22-46-42-15-7-8-23-48(42)54-51(45)46/h2-32H,1H3/b12-3+,13-4-,34-2+. The highest BCUT2D eigenvalue weighted by molar-refractivity contribution is 7.26. The first-order chi connectivity index (χ1) is 26.7. The minimum Gasteiger partial charge on any atom is -0.252 e. The highest BCUT2D eigenvalue weighted by Crippen LogP contribution is 2.43. The van der Waals surface area contributed by atoms with Crippen LogP contribution in [0.1, 0.15) is 18.1 Å². The average molecular weight is 707 g/mol. The van der Waals surface area contributed by atoms with Crippen molar-refractivity contribution in [2.45, 2.75) is 6.92 Å². The minimum absolute atomic E-state index is 0.940. The van der Waals surface area contributed by atoms with E-state index in [1.807, 2.05) is 11.3 Å². The molecule has 0 saturated carbocycles. The van der Waals surface area contributed by atoms with E-state index < -0.39 is 0 Å². The topological polar surface area (TPSA) is 25.8 Å². The Kier molecular flexibility index (Phi) is 7.93. The molecule has 0 amide bonds. The van der Waals surface area contributed by atoms with Crippen molar-refractivity contribution >= 4 is 86.5 Å². The second-order valence-corrected chi connectivity index (χ2v) is 14.7. The number of thiophene rings is 1. The zero-order valence-electron chi connectivity index (χ0n) is 29.7. The van der Waals surface area contributed by atoms with Crippen molar-refractivity contribution in [1.82, 2.24) is 9.97 Å². The van der Waals surface area contributed by atoms with Crippen molar-refractivity contribution in [2.75, 3.05) is 0 Å². The number of allylic oxidation sites excluding steroid dienone is 5. The summed E-state index contributed by atoms with van der Waals surface area (Å²) < 4.78 is 2.68. The predicted molar refractivity (Wildman–Crippen MR) is 234 cm³/mol. The van der Waals surface area contributed by atoms with Gasteiger partial charge in [-0.05, 0) is 74.0 Å². The van der Waals surface area contributed by atoms with Gasteiger partial charge in [0.2, 0.25) is 0 Å². The summed E-state index contributed by atoms with van der Waals surface area (Å²) in [5.74, 6) is 0. The average Bonchev–Trinajstić information content (AvgIpc) is 3.63. The Morgan fingerprint density at radius 1 is 0.500 bits per heavy atom. The van der Waals surface area contributed by atoms with Crippen LogP contribution in [-0.4, -0.2) is 9.97 Å². The molecule has 0 saturated heterocycles. The predicted octanol–water partition coefficient (Wildman–Crippen LogP) is 14.5. The second-order valence-electron chi connectivity index (χ2n) is 13.6. The third-order valence-electron chi connectivity index (χ3n) is 10.6. The maximum atomic E-state index is 4.71. The molecule has 10 aromatic rings. The molecule has 0 unspecified atom stereocenters. The quantitative estimate of drug-likeness (QED) is 0.127. The Morgan fingerprint density at radius 3 is 1.91 bits per heavy atom. The lowest BCUT2D eigenvalue weighted by atomic mass is 9.92. The normalized spacial score (nSPS) is 12.5. The van der Waals surface area contributed by atoms with E-state index in [0.717, 1.165) is 27.4 Å². The highest BCUT2D eigenvalue weighted by atomic mass is 32.1. The molecular formula is C51H34N2S. The van der Waals surface area contributed by atoms with E-state index in [1.54, 1.807) is 12.4 Å². The van der Waals surface area contributed by atoms with Crippen LogP contribution in [0.5, 0.6) is 0 Å². The van der Waals surface area contributed by atoms with E-state index in [9.17, 15) is 0 Å². The van der Waals surface area contributed by atoms with Crippen LogP contribution in [0.25, 0.3) is 97.4 Å². The van der Waals surface area contributed by atoms with E-state index >= 15 is 0 Å². The van der Waals surface area contributed by atoms with Gasteiger partial charge in [-0.25, -0.2) is 0 Å². The van der Waals surface area contributed by atoms with Crippen molar-refractivity contribution in [3.05, 3.63) is 193 Å². The maximum absolute atomic E-state index is 4.71. The van der Waals surface area contributed by atoms with Crippen LogP contribution < -0.4 is 0 Å². The second kappa shape index (κ2) is 13.4. The molecule has 0 aliphatic carbocycles. The molecule has 10 rings (SSSR count). The molecule has 0 aliphatic rings. The number of aromatic nitrogens is 2. The molecule has 0 fully saturated rings. The molecule has 2 nitrogen and oxygen atoms in total. The lowest BCUT2D eigenvalue weighted by molar-refractivity contribution is 1.31. The summed E-state index contributed by atoms with van der Waals surface area (Å²) in [5, 5.41) is 9.83. The van der Waals surface area contributed by atoms with Gasteiger partial charge < -0.3 is 0 Å². The fourth-order valence-electron chi connectivity index (χ4n) is 8.02. The summed E-state index contributed by atoms with van der Waals surface area (Å²) in [4.78, 5) is 9.38. The molecule has 0 N–H and O–H groups in total. The molecule has 54 heavy (non-hydrogen) atoms. The number of nitrogens with zero attached hydrogens (tertiary/aromatic N) is 2. The van der Waals surface area contributed by atoms with Gasteiger partial charge >= 0.3 is 0 Å². The molecule has 254 valence electrons. The van der Waals surface area contributed by atoms with Gasteiger partial charge in [-0.1, -0.05) is 164 Å². The van der Waals surface area contributed by atoms with Crippen LogP contribution in [0.15, 0.2) is 182 Å². The van der Waals surface area contributed by atoms with Gasteiger partial charge in [0.1, 0.15) is 0 Å². The number of hydrogen-bond donors (Lipinski definition) is 0. The van der Waals surface area contributed by atoms with Crippen molar-refractivity contribution in [2.24, 2.45) is 0 Å². The summed E-state index contributed by atoms with van der Waals surface area (Å²) in [6, 6.07) is 52.9. The zero-order chi connectivity index (χ0) is 36.0. The molecule has 0 radical (unpaired) electrons. The SMILES string of the molecule is C\C=C(/C=C\C=C\c1ccc(-c2cccc3c(-c4cccc5c4sc4ccccc45)cccc23)cc1)c1ccc2c(c1)c1ccccc1c1nccnc21. The first-order valence-corrected chi connectivity index (χ1v) is 19.2. The zero-order valence-corrected chi connectivity index (χ0v) is 30.5. The van der Waals surface area contributed by atoms with Gasteiger partial charge in [-0.3, -0.25) is 9.97 Å². The smallest absolute Gasteiger partial charge is 0.0971 e. The van der Waals surface area contributed by atoms with Crippen molar-refractivity contribution in [3.8, 4) is 22.3 Å². The van der Waals surface area contributed by atoms with Crippen molar-refractivity contribution in [1.29, 1.82) is 0 Å². The summed E-state index contributed by atoms with van der Waals surface area (Å²) in [6.45, 7) is 2.09. The number of hydrogen-bond acceptors (Lipinski definition) is 3. The molecule has 8 aromatic carbocycles. The summed E-state index contributed by atoms with van der Waals surface area (Å²) in [6.07, 6.45) is 14.3. The summed E-state index contributed by atoms with van der Waals surface area (Å²) in [7, 11) is 0. The lowest BCUT2D eigenvalue weighted by Gasteiger charge is -2.12. The van der Waals surface area contributed by atoms with E-state index in [-0.39, 0.29) is 0 Å². The fraction of sp³-hybridized carbons (Fsp3) is 0.0196. The van der Waals surface area contributed by atoms with Gasteiger partial charge in [0.25, 0.3) is 0 Å². The van der Waals surface area contributed by atoms with Crippen molar-refractivity contribution in [3.63, 3.8) is 0 Å². The summed E-state index contributed by atoms with van der Waals surface area (Å²) >= 11 is 1.89. The Bertz CT molecular complexity index is 3130. The molecule has 2 heterocycles. The number of rotatable bonds is 6. The van der Waals surface area contributed by atoms with Gasteiger partial charge in [0.15, 0.2) is 0 Å². The first-order valence-electron chi connectivity index (χ1n) is 18.3. The molecule has 2 aromatic heterocycles. The molecule has 0 aliphatic heterocycles. The molecule has 0 bridgehead atoms. The maximum Gasteiger partial charge on any atom is 0.0971 e. The third-order valence-corrected chi connectivity index (χ3v) is 11.8. The van der Waals surface area contributed by atoms with Gasteiger partial charge in [-0.2, -0.15) is 0 Å². The van der Waals surface area contributed by atoms with Gasteiger partial charge in [0, 0.05) is 48.9 Å². The molecule has 3 heteroatoms. The fourth-order valence-corrected chi connectivity index (χ4v) is 9.25. The third kappa shape index (κ3) is 5.41. The Balaban J connectivity index is 0.923. The Morgan fingerprint density at radius 2 is 1.13 bits per heavy atom. The van der Waals surface area contributed by atoms with Crippen LogP contribution in [0.4, 0.5) is 0 Å². The monoisotopic (exact) mass is 706 g/mol. The molecular weight excluding hydrogens is 673 g/mol. The highest BCUT2D eigenvalue weighted by Gasteiger charge is 2.14. The number of fused-ring (bicyclic) bond motifs is 10. The van der Waals surface area contributed by atoms with Crippen LogP contribution >= 0.6 is 11.3 Å².